The highest BCUT2D eigenvalue weighted by molar-refractivity contribution is 5.89. The fourth-order valence-electron chi connectivity index (χ4n) is 2.28. The molecule has 0 aliphatic carbocycles. The number of aryl methyl sites for hydroxylation is 1. The van der Waals surface area contributed by atoms with Crippen LogP contribution >= 0.6 is 0 Å². The molecule has 0 bridgehead atoms. The zero-order chi connectivity index (χ0) is 17.5. The lowest BCUT2D eigenvalue weighted by molar-refractivity contribution is 0.249. The molecule has 2 aromatic rings. The van der Waals surface area contributed by atoms with Crippen molar-refractivity contribution in [3.63, 3.8) is 0 Å². The number of carbonyl (C=O) groups is 1. The van der Waals surface area contributed by atoms with Crippen LogP contribution in [-0.4, -0.2) is 29.5 Å². The molecular formula is C17H24N4O3. The van der Waals surface area contributed by atoms with Gasteiger partial charge in [-0.1, -0.05) is 6.07 Å². The molecule has 0 spiro atoms. The van der Waals surface area contributed by atoms with Crippen LogP contribution in [0.15, 0.2) is 30.6 Å². The molecule has 24 heavy (non-hydrogen) atoms. The Balaban J connectivity index is 2.00. The molecule has 0 radical (unpaired) electrons. The van der Waals surface area contributed by atoms with E-state index in [0.717, 1.165) is 12.1 Å². The first kappa shape index (κ1) is 17.7. The van der Waals surface area contributed by atoms with Gasteiger partial charge in [-0.15, -0.1) is 0 Å². The Kier molecular flexibility index (Phi) is 6.06. The molecule has 130 valence electrons. The number of hydrogen-bond donors (Lipinski definition) is 2. The lowest BCUT2D eigenvalue weighted by atomic mass is 10.1. The van der Waals surface area contributed by atoms with Crippen LogP contribution in [0, 0.1) is 0 Å². The fourth-order valence-corrected chi connectivity index (χ4v) is 2.28. The maximum Gasteiger partial charge on any atom is 0.319 e. The van der Waals surface area contributed by atoms with Crippen LogP contribution < -0.4 is 20.1 Å². The Labute approximate surface area is 142 Å². The van der Waals surface area contributed by atoms with E-state index >= 15 is 0 Å². The smallest absolute Gasteiger partial charge is 0.319 e. The number of nitrogens with one attached hydrogen (secondary N) is 2. The number of anilines is 1. The predicted octanol–water partition coefficient (Wildman–Crippen LogP) is 3.19. The Morgan fingerprint density at radius 1 is 1.33 bits per heavy atom. The average molecular weight is 332 g/mol. The maximum absolute atomic E-state index is 12.1. The second kappa shape index (κ2) is 8.24. The lowest BCUT2D eigenvalue weighted by Gasteiger charge is -2.17. The first-order valence-corrected chi connectivity index (χ1v) is 7.98. The molecule has 7 heteroatoms. The third kappa shape index (κ3) is 4.41. The summed E-state index contributed by atoms with van der Waals surface area (Å²) in [6.45, 7) is 7.13. The van der Waals surface area contributed by atoms with Gasteiger partial charge in [0.25, 0.3) is 0 Å². The van der Waals surface area contributed by atoms with Gasteiger partial charge in [-0.3, -0.25) is 4.68 Å². The topological polar surface area (TPSA) is 77.4 Å². The summed E-state index contributed by atoms with van der Waals surface area (Å²) < 4.78 is 12.6. The number of amides is 2. The summed E-state index contributed by atoms with van der Waals surface area (Å²) in [7, 11) is 1.60. The maximum atomic E-state index is 12.1. The molecule has 1 aromatic carbocycles. The number of aromatic nitrogens is 2. The summed E-state index contributed by atoms with van der Waals surface area (Å²) in [4.78, 5) is 12.1. The summed E-state index contributed by atoms with van der Waals surface area (Å²) >= 11 is 0. The van der Waals surface area contributed by atoms with Crippen LogP contribution in [-0.2, 0) is 6.54 Å². The second-order valence-corrected chi connectivity index (χ2v) is 5.25. The van der Waals surface area contributed by atoms with Crippen molar-refractivity contribution in [2.75, 3.05) is 19.0 Å². The van der Waals surface area contributed by atoms with Crippen molar-refractivity contribution in [1.29, 1.82) is 0 Å². The Morgan fingerprint density at radius 3 is 2.75 bits per heavy atom. The normalized spacial score (nSPS) is 11.7. The largest absolute Gasteiger partial charge is 0.493 e. The van der Waals surface area contributed by atoms with E-state index in [4.69, 9.17) is 9.47 Å². The standard InChI is InChI=1S/C17H24N4O3/c1-5-21-11-14(10-18-21)20-17(22)19-12(3)13-7-8-15(24-6-2)16(9-13)23-4/h7-12H,5-6H2,1-4H3,(H2,19,20,22). The number of methoxy groups -OCH3 is 1. The molecule has 7 nitrogen and oxygen atoms in total. The van der Waals surface area contributed by atoms with Crippen molar-refractivity contribution in [2.45, 2.75) is 33.4 Å². The molecule has 2 N–H and O–H groups in total. The van der Waals surface area contributed by atoms with E-state index in [1.165, 1.54) is 0 Å². The summed E-state index contributed by atoms with van der Waals surface area (Å²) in [5.74, 6) is 1.33. The lowest BCUT2D eigenvalue weighted by Crippen LogP contribution is -2.31. The van der Waals surface area contributed by atoms with E-state index < -0.39 is 0 Å². The third-order valence-corrected chi connectivity index (χ3v) is 3.55. The molecular weight excluding hydrogens is 308 g/mol. The van der Waals surface area contributed by atoms with Gasteiger partial charge in [0.15, 0.2) is 11.5 Å². The minimum absolute atomic E-state index is 0.184. The highest BCUT2D eigenvalue weighted by Crippen LogP contribution is 2.30. The van der Waals surface area contributed by atoms with E-state index in [2.05, 4.69) is 15.7 Å². The number of carbonyl (C=O) groups excluding carboxylic acids is 1. The van der Waals surface area contributed by atoms with E-state index in [-0.39, 0.29) is 12.1 Å². The van der Waals surface area contributed by atoms with Gasteiger partial charge in [-0.25, -0.2) is 4.79 Å². The molecule has 1 atom stereocenters. The molecule has 2 rings (SSSR count). The van der Waals surface area contributed by atoms with Crippen LogP contribution in [0.1, 0.15) is 32.4 Å². The first-order chi connectivity index (χ1) is 11.6. The summed E-state index contributed by atoms with van der Waals surface area (Å²) in [5.41, 5.74) is 1.58. The van der Waals surface area contributed by atoms with Gasteiger partial charge in [0.1, 0.15) is 0 Å². The number of urea groups is 1. The number of ether oxygens (including phenoxy) is 2. The van der Waals surface area contributed by atoms with Crippen molar-refractivity contribution in [2.24, 2.45) is 0 Å². The van der Waals surface area contributed by atoms with Crippen LogP contribution in [0.5, 0.6) is 11.5 Å². The van der Waals surface area contributed by atoms with Gasteiger partial charge in [-0.05, 0) is 38.5 Å². The minimum atomic E-state index is -0.286. The molecule has 0 saturated heterocycles. The van der Waals surface area contributed by atoms with Crippen LogP contribution in [0.2, 0.25) is 0 Å². The van der Waals surface area contributed by atoms with E-state index in [1.807, 2.05) is 39.0 Å². The van der Waals surface area contributed by atoms with Crippen molar-refractivity contribution in [3.8, 4) is 11.5 Å². The SMILES string of the molecule is CCOc1ccc(C(C)NC(=O)Nc2cnn(CC)c2)cc1OC. The van der Waals surface area contributed by atoms with Crippen LogP contribution in [0.25, 0.3) is 0 Å². The molecule has 1 unspecified atom stereocenters. The van der Waals surface area contributed by atoms with Gasteiger partial charge in [-0.2, -0.15) is 5.10 Å². The third-order valence-electron chi connectivity index (χ3n) is 3.55. The summed E-state index contributed by atoms with van der Waals surface area (Å²) in [6.07, 6.45) is 3.40. The highest BCUT2D eigenvalue weighted by atomic mass is 16.5. The van der Waals surface area contributed by atoms with Gasteiger partial charge in [0.05, 0.1) is 31.6 Å². The van der Waals surface area contributed by atoms with Crippen LogP contribution in [0.3, 0.4) is 0 Å². The Hall–Kier alpha value is -2.70. The van der Waals surface area contributed by atoms with Crippen molar-refractivity contribution in [1.82, 2.24) is 15.1 Å². The highest BCUT2D eigenvalue weighted by Gasteiger charge is 2.13. The van der Waals surface area contributed by atoms with Gasteiger partial charge < -0.3 is 20.1 Å². The van der Waals surface area contributed by atoms with Crippen molar-refractivity contribution >= 4 is 11.7 Å². The number of benzene rings is 1. The number of rotatable bonds is 7. The fraction of sp³-hybridized carbons (Fsp3) is 0.412. The zero-order valence-electron chi connectivity index (χ0n) is 14.5. The van der Waals surface area contributed by atoms with Gasteiger partial charge in [0, 0.05) is 12.7 Å². The molecule has 1 aromatic heterocycles. The summed E-state index contributed by atoms with van der Waals surface area (Å²) in [5, 5.41) is 9.78. The monoisotopic (exact) mass is 332 g/mol. The molecule has 1 heterocycles. The van der Waals surface area contributed by atoms with E-state index in [1.54, 1.807) is 24.2 Å². The van der Waals surface area contributed by atoms with Gasteiger partial charge >= 0.3 is 6.03 Å². The number of hydrogen-bond acceptors (Lipinski definition) is 4. The minimum Gasteiger partial charge on any atom is -0.493 e. The zero-order valence-corrected chi connectivity index (χ0v) is 14.5. The van der Waals surface area contributed by atoms with Crippen molar-refractivity contribution in [3.05, 3.63) is 36.2 Å². The van der Waals surface area contributed by atoms with E-state index in [9.17, 15) is 4.79 Å². The van der Waals surface area contributed by atoms with Crippen LogP contribution in [0.4, 0.5) is 10.5 Å². The summed E-state index contributed by atoms with van der Waals surface area (Å²) in [6, 6.07) is 5.15. The van der Waals surface area contributed by atoms with Gasteiger partial charge in [0.2, 0.25) is 0 Å². The average Bonchev–Trinajstić information content (AvgIpc) is 3.02. The molecule has 0 saturated carbocycles. The predicted molar refractivity (Wildman–Crippen MR) is 92.6 cm³/mol. The molecule has 2 amide bonds. The Morgan fingerprint density at radius 2 is 2.12 bits per heavy atom. The molecule has 0 aliphatic heterocycles. The quantitative estimate of drug-likeness (QED) is 0.816. The Bertz CT molecular complexity index is 684. The first-order valence-electron chi connectivity index (χ1n) is 7.98. The molecule has 0 aliphatic rings. The van der Waals surface area contributed by atoms with Crippen molar-refractivity contribution < 1.29 is 14.3 Å². The molecule has 0 fully saturated rings. The number of nitrogens with zero attached hydrogens (tertiary/aromatic N) is 2. The van der Waals surface area contributed by atoms with E-state index in [0.29, 0.717) is 23.8 Å². The second-order valence-electron chi connectivity index (χ2n) is 5.25.